The number of anilines is 1. The molecule has 0 bridgehead atoms. The third kappa shape index (κ3) is 3.31. The molecule has 2 rings (SSSR count). The molecule has 1 N–H and O–H groups in total. The number of aromatic nitrogens is 1. The first-order chi connectivity index (χ1) is 9.10. The van der Waals surface area contributed by atoms with E-state index in [0.717, 1.165) is 5.69 Å². The van der Waals surface area contributed by atoms with E-state index >= 15 is 0 Å². The van der Waals surface area contributed by atoms with Gasteiger partial charge in [0.25, 0.3) is 0 Å². The van der Waals surface area contributed by atoms with Crippen molar-refractivity contribution < 1.29 is 4.39 Å². The normalized spacial score (nSPS) is 11.2. The van der Waals surface area contributed by atoms with Crippen molar-refractivity contribution in [3.05, 3.63) is 51.3 Å². The Morgan fingerprint density at radius 1 is 1.58 bits per heavy atom. The summed E-state index contributed by atoms with van der Waals surface area (Å²) >= 11 is 7.27. The van der Waals surface area contributed by atoms with Gasteiger partial charge in [-0.25, -0.2) is 9.37 Å². The minimum atomic E-state index is -0.407. The van der Waals surface area contributed by atoms with Gasteiger partial charge in [0.1, 0.15) is 22.5 Å². The summed E-state index contributed by atoms with van der Waals surface area (Å²) in [6.07, 6.45) is 1.51. The van der Waals surface area contributed by atoms with Crippen LogP contribution in [0.2, 0.25) is 5.02 Å². The number of benzene rings is 1. The molecule has 1 aromatic heterocycles. The van der Waals surface area contributed by atoms with Crippen molar-refractivity contribution in [3.63, 3.8) is 0 Å². The molecule has 0 saturated carbocycles. The summed E-state index contributed by atoms with van der Waals surface area (Å²) in [5.74, 6) is -0.407. The number of nitrogens with one attached hydrogen (secondary N) is 1. The van der Waals surface area contributed by atoms with Crippen LogP contribution in [-0.2, 0) is 0 Å². The van der Waals surface area contributed by atoms with Gasteiger partial charge in [-0.1, -0.05) is 11.6 Å². The number of hydrogen-bond donors (Lipinski definition) is 1. The quantitative estimate of drug-likeness (QED) is 0.862. The van der Waals surface area contributed by atoms with Crippen molar-refractivity contribution in [2.75, 3.05) is 5.32 Å². The molecule has 0 spiro atoms. The Morgan fingerprint density at radius 2 is 2.37 bits per heavy atom. The number of allylic oxidation sites excluding steroid dienone is 1. The Morgan fingerprint density at radius 3 is 2.95 bits per heavy atom. The highest BCUT2D eigenvalue weighted by Crippen LogP contribution is 2.24. The summed E-state index contributed by atoms with van der Waals surface area (Å²) in [6.45, 7) is 1.86. The molecule has 0 aliphatic rings. The predicted octanol–water partition coefficient (Wildman–Crippen LogP) is 4.22. The zero-order valence-electron chi connectivity index (χ0n) is 9.95. The van der Waals surface area contributed by atoms with Crippen LogP contribution in [0.4, 0.5) is 10.1 Å². The van der Waals surface area contributed by atoms with Crippen LogP contribution < -0.4 is 5.32 Å². The van der Waals surface area contributed by atoms with Crippen LogP contribution in [0.3, 0.4) is 0 Å². The average Bonchev–Trinajstić information content (AvgIpc) is 2.79. The van der Waals surface area contributed by atoms with Crippen molar-refractivity contribution in [1.29, 1.82) is 5.26 Å². The maximum absolute atomic E-state index is 12.9. The van der Waals surface area contributed by atoms with E-state index in [9.17, 15) is 4.39 Å². The molecule has 6 heteroatoms. The van der Waals surface area contributed by atoms with Crippen molar-refractivity contribution in [2.45, 2.75) is 6.92 Å². The van der Waals surface area contributed by atoms with E-state index in [4.69, 9.17) is 16.9 Å². The fraction of sp³-hybridized carbons (Fsp3) is 0.0769. The number of hydrogen-bond acceptors (Lipinski definition) is 4. The van der Waals surface area contributed by atoms with E-state index in [1.807, 2.05) is 12.3 Å². The molecule has 0 saturated heterocycles. The van der Waals surface area contributed by atoms with Gasteiger partial charge in [0.05, 0.1) is 10.7 Å². The van der Waals surface area contributed by atoms with Crippen LogP contribution >= 0.6 is 22.9 Å². The van der Waals surface area contributed by atoms with E-state index < -0.39 is 5.82 Å². The van der Waals surface area contributed by atoms with Gasteiger partial charge in [0, 0.05) is 17.3 Å². The first-order valence-electron chi connectivity index (χ1n) is 5.34. The SMILES string of the molecule is Cc1csc(/C(C#N)=C/Nc2ccc(F)cc2Cl)n1. The first kappa shape index (κ1) is 13.5. The number of nitrogens with zero attached hydrogens (tertiary/aromatic N) is 2. The zero-order chi connectivity index (χ0) is 13.8. The second-order valence-corrected chi connectivity index (χ2v) is 5.00. The predicted molar refractivity (Wildman–Crippen MR) is 75.5 cm³/mol. The van der Waals surface area contributed by atoms with Gasteiger partial charge < -0.3 is 5.32 Å². The van der Waals surface area contributed by atoms with E-state index in [0.29, 0.717) is 16.3 Å². The van der Waals surface area contributed by atoms with Gasteiger partial charge in [-0.2, -0.15) is 5.26 Å². The Balaban J connectivity index is 2.23. The number of halogens is 2. The summed E-state index contributed by atoms with van der Waals surface area (Å²) in [4.78, 5) is 4.23. The Hall–Kier alpha value is -1.90. The van der Waals surface area contributed by atoms with Crippen molar-refractivity contribution >= 4 is 34.2 Å². The molecule has 1 heterocycles. The third-order valence-corrected chi connectivity index (χ3v) is 3.58. The molecular weight excluding hydrogens is 285 g/mol. The Kier molecular flexibility index (Phi) is 4.15. The van der Waals surface area contributed by atoms with Crippen molar-refractivity contribution in [1.82, 2.24) is 4.98 Å². The summed E-state index contributed by atoms with van der Waals surface area (Å²) in [5.41, 5.74) is 1.79. The zero-order valence-corrected chi connectivity index (χ0v) is 11.5. The molecule has 0 fully saturated rings. The molecule has 0 atom stereocenters. The van der Waals surface area contributed by atoms with E-state index in [2.05, 4.69) is 16.4 Å². The summed E-state index contributed by atoms with van der Waals surface area (Å²) in [7, 11) is 0. The van der Waals surface area contributed by atoms with Gasteiger partial charge in [0.15, 0.2) is 0 Å². The molecule has 2 aromatic rings. The second-order valence-electron chi connectivity index (χ2n) is 3.73. The lowest BCUT2D eigenvalue weighted by Gasteiger charge is -2.04. The van der Waals surface area contributed by atoms with Crippen LogP contribution in [0.5, 0.6) is 0 Å². The minimum Gasteiger partial charge on any atom is -0.359 e. The number of aryl methyl sites for hydroxylation is 1. The monoisotopic (exact) mass is 293 g/mol. The molecule has 0 radical (unpaired) electrons. The maximum Gasteiger partial charge on any atom is 0.135 e. The Labute approximate surface area is 119 Å². The first-order valence-corrected chi connectivity index (χ1v) is 6.60. The van der Waals surface area contributed by atoms with Gasteiger partial charge in [0.2, 0.25) is 0 Å². The van der Waals surface area contributed by atoms with Gasteiger partial charge in [-0.3, -0.25) is 0 Å². The molecule has 96 valence electrons. The molecule has 0 amide bonds. The number of nitriles is 1. The van der Waals surface area contributed by atoms with Crippen LogP contribution in [-0.4, -0.2) is 4.98 Å². The fourth-order valence-electron chi connectivity index (χ4n) is 1.38. The van der Waals surface area contributed by atoms with E-state index in [1.54, 1.807) is 0 Å². The number of rotatable bonds is 3. The summed E-state index contributed by atoms with van der Waals surface area (Å²) in [6, 6.07) is 6.07. The number of thiazole rings is 1. The molecule has 0 aliphatic heterocycles. The minimum absolute atomic E-state index is 0.254. The van der Waals surface area contributed by atoms with Gasteiger partial charge in [-0.15, -0.1) is 11.3 Å². The Bertz CT molecular complexity index is 673. The molecule has 19 heavy (non-hydrogen) atoms. The lowest BCUT2D eigenvalue weighted by Crippen LogP contribution is -1.92. The van der Waals surface area contributed by atoms with E-state index in [-0.39, 0.29) is 5.02 Å². The highest BCUT2D eigenvalue weighted by molar-refractivity contribution is 7.10. The standard InChI is InChI=1S/C13H9ClFN3S/c1-8-7-19-13(18-8)9(5-16)6-17-12-3-2-10(15)4-11(12)14/h2-4,6-7,17H,1H3/b9-6+. The summed E-state index contributed by atoms with van der Waals surface area (Å²) < 4.78 is 12.9. The molecule has 0 unspecified atom stereocenters. The molecule has 0 aliphatic carbocycles. The van der Waals surface area contributed by atoms with E-state index in [1.165, 1.54) is 35.7 Å². The van der Waals surface area contributed by atoms with Crippen LogP contribution in [0.15, 0.2) is 29.8 Å². The maximum atomic E-state index is 12.9. The molecule has 1 aromatic carbocycles. The fourth-order valence-corrected chi connectivity index (χ4v) is 2.36. The van der Waals surface area contributed by atoms with Gasteiger partial charge in [-0.05, 0) is 25.1 Å². The molecule has 3 nitrogen and oxygen atoms in total. The molecular formula is C13H9ClFN3S. The van der Waals surface area contributed by atoms with Crippen LogP contribution in [0.25, 0.3) is 5.57 Å². The highest BCUT2D eigenvalue weighted by Gasteiger charge is 2.06. The summed E-state index contributed by atoms with van der Waals surface area (Å²) in [5, 5.41) is 14.7. The lowest BCUT2D eigenvalue weighted by atomic mass is 10.3. The highest BCUT2D eigenvalue weighted by atomic mass is 35.5. The average molecular weight is 294 g/mol. The van der Waals surface area contributed by atoms with Crippen molar-refractivity contribution in [2.24, 2.45) is 0 Å². The van der Waals surface area contributed by atoms with Crippen LogP contribution in [0, 0.1) is 24.1 Å². The lowest BCUT2D eigenvalue weighted by molar-refractivity contribution is 0.628. The topological polar surface area (TPSA) is 48.7 Å². The second kappa shape index (κ2) is 5.83. The van der Waals surface area contributed by atoms with Crippen LogP contribution in [0.1, 0.15) is 10.7 Å². The smallest absolute Gasteiger partial charge is 0.135 e. The van der Waals surface area contributed by atoms with Crippen molar-refractivity contribution in [3.8, 4) is 6.07 Å². The van der Waals surface area contributed by atoms with Gasteiger partial charge >= 0.3 is 0 Å². The third-order valence-electron chi connectivity index (χ3n) is 2.27. The largest absolute Gasteiger partial charge is 0.359 e.